The van der Waals surface area contributed by atoms with Crippen molar-refractivity contribution in [3.63, 3.8) is 0 Å². The molecule has 42 heavy (non-hydrogen) atoms. The Kier molecular flexibility index (Phi) is 19.9. The number of ether oxygens (including phenoxy) is 2. The molecule has 0 bridgehead atoms. The molecule has 0 aliphatic heterocycles. The predicted octanol–water partition coefficient (Wildman–Crippen LogP) is 8.66. The van der Waals surface area contributed by atoms with E-state index in [0.29, 0.717) is 11.8 Å². The SMILES string of the molecule is C=COC(=O)CCCCCCCCCCCCCCCCC.C=COC(=O)Cc1c(C(=O)O)c(=O)oc2ccccc12. The minimum absolute atomic E-state index is 0.0659. The summed E-state index contributed by atoms with van der Waals surface area (Å²) in [5.41, 5.74) is -1.29. The quantitative estimate of drug-likeness (QED) is 0.0670. The molecule has 1 aromatic carbocycles. The zero-order valence-electron chi connectivity index (χ0n) is 25.2. The highest BCUT2D eigenvalue weighted by atomic mass is 16.5. The fourth-order valence-electron chi connectivity index (χ4n) is 4.69. The molecule has 0 fully saturated rings. The summed E-state index contributed by atoms with van der Waals surface area (Å²) in [6.07, 6.45) is 22.5. The summed E-state index contributed by atoms with van der Waals surface area (Å²) >= 11 is 0. The van der Waals surface area contributed by atoms with Gasteiger partial charge in [-0.15, -0.1) is 0 Å². The highest BCUT2D eigenvalue weighted by molar-refractivity contribution is 5.97. The third kappa shape index (κ3) is 15.4. The summed E-state index contributed by atoms with van der Waals surface area (Å²) in [6, 6.07) is 6.37. The van der Waals surface area contributed by atoms with E-state index < -0.39 is 23.1 Å². The molecular formula is C34H48O8. The number of aromatic carboxylic acids is 1. The molecule has 232 valence electrons. The van der Waals surface area contributed by atoms with E-state index in [4.69, 9.17) is 9.52 Å². The fourth-order valence-corrected chi connectivity index (χ4v) is 4.69. The van der Waals surface area contributed by atoms with Crippen LogP contribution >= 0.6 is 0 Å². The van der Waals surface area contributed by atoms with E-state index in [1.807, 2.05) is 0 Å². The molecule has 2 aromatic rings. The Labute approximate surface area is 249 Å². The van der Waals surface area contributed by atoms with Gasteiger partial charge in [0, 0.05) is 11.8 Å². The number of carbonyl (C=O) groups excluding carboxylic acids is 2. The van der Waals surface area contributed by atoms with Crippen LogP contribution in [0.15, 0.2) is 59.2 Å². The van der Waals surface area contributed by atoms with Crippen molar-refractivity contribution >= 4 is 28.9 Å². The maximum absolute atomic E-state index is 11.7. The largest absolute Gasteiger partial charge is 0.477 e. The Hall–Kier alpha value is -3.68. The average molecular weight is 585 g/mol. The van der Waals surface area contributed by atoms with Crippen molar-refractivity contribution in [1.29, 1.82) is 0 Å². The van der Waals surface area contributed by atoms with Crippen molar-refractivity contribution in [3.8, 4) is 0 Å². The molecule has 0 aliphatic rings. The van der Waals surface area contributed by atoms with E-state index in [1.165, 1.54) is 95.8 Å². The van der Waals surface area contributed by atoms with Gasteiger partial charge in [0.25, 0.3) is 0 Å². The molecule has 0 atom stereocenters. The van der Waals surface area contributed by atoms with Gasteiger partial charge in [0.2, 0.25) is 0 Å². The Morgan fingerprint density at radius 1 is 0.762 bits per heavy atom. The smallest absolute Gasteiger partial charge is 0.351 e. The van der Waals surface area contributed by atoms with E-state index in [1.54, 1.807) is 18.2 Å². The van der Waals surface area contributed by atoms with Gasteiger partial charge >= 0.3 is 23.5 Å². The van der Waals surface area contributed by atoms with Crippen LogP contribution in [-0.4, -0.2) is 23.0 Å². The third-order valence-electron chi connectivity index (χ3n) is 6.87. The van der Waals surface area contributed by atoms with Gasteiger partial charge in [0.15, 0.2) is 0 Å². The molecule has 1 heterocycles. The third-order valence-corrected chi connectivity index (χ3v) is 6.87. The van der Waals surface area contributed by atoms with Crippen molar-refractivity contribution in [1.82, 2.24) is 0 Å². The van der Waals surface area contributed by atoms with Gasteiger partial charge in [-0.25, -0.2) is 9.59 Å². The van der Waals surface area contributed by atoms with Crippen LogP contribution in [0.5, 0.6) is 0 Å². The lowest BCUT2D eigenvalue weighted by Gasteiger charge is -2.07. The van der Waals surface area contributed by atoms with E-state index >= 15 is 0 Å². The fraction of sp³-hybridized carbons (Fsp3) is 0.529. The number of carboxylic acids is 1. The molecule has 0 spiro atoms. The molecule has 0 unspecified atom stereocenters. The van der Waals surface area contributed by atoms with Crippen LogP contribution in [0, 0.1) is 0 Å². The number of hydrogen-bond donors (Lipinski definition) is 1. The minimum Gasteiger partial charge on any atom is -0.477 e. The van der Waals surface area contributed by atoms with Gasteiger partial charge in [-0.1, -0.05) is 128 Å². The highest BCUT2D eigenvalue weighted by Gasteiger charge is 2.22. The highest BCUT2D eigenvalue weighted by Crippen LogP contribution is 2.21. The lowest BCUT2D eigenvalue weighted by Crippen LogP contribution is -2.19. The van der Waals surface area contributed by atoms with Crippen LogP contribution in [0.4, 0.5) is 0 Å². The van der Waals surface area contributed by atoms with Crippen molar-refractivity contribution in [2.75, 3.05) is 0 Å². The van der Waals surface area contributed by atoms with E-state index in [9.17, 15) is 19.2 Å². The van der Waals surface area contributed by atoms with Crippen LogP contribution < -0.4 is 5.63 Å². The molecular weight excluding hydrogens is 536 g/mol. The summed E-state index contributed by atoms with van der Waals surface area (Å²) < 4.78 is 14.2. The Morgan fingerprint density at radius 2 is 1.24 bits per heavy atom. The molecule has 0 saturated carbocycles. The van der Waals surface area contributed by atoms with Crippen LogP contribution in [0.3, 0.4) is 0 Å². The van der Waals surface area contributed by atoms with Gasteiger partial charge in [-0.3, -0.25) is 9.59 Å². The first-order valence-electron chi connectivity index (χ1n) is 15.2. The number of benzene rings is 1. The van der Waals surface area contributed by atoms with Crippen LogP contribution in [0.2, 0.25) is 0 Å². The van der Waals surface area contributed by atoms with Crippen molar-refractivity contribution in [2.24, 2.45) is 0 Å². The number of unbranched alkanes of at least 4 members (excludes halogenated alkanes) is 14. The first-order chi connectivity index (χ1) is 20.3. The van der Waals surface area contributed by atoms with Crippen molar-refractivity contribution in [2.45, 2.75) is 116 Å². The van der Waals surface area contributed by atoms with Gasteiger partial charge in [0.1, 0.15) is 11.1 Å². The van der Waals surface area contributed by atoms with Gasteiger partial charge in [0.05, 0.1) is 18.9 Å². The summed E-state index contributed by atoms with van der Waals surface area (Å²) in [5, 5.41) is 9.50. The second-order valence-corrected chi connectivity index (χ2v) is 10.2. The van der Waals surface area contributed by atoms with Crippen LogP contribution in [0.25, 0.3) is 11.0 Å². The van der Waals surface area contributed by atoms with Gasteiger partial charge in [-0.05, 0) is 18.1 Å². The first kappa shape index (κ1) is 36.3. The number of rotatable bonds is 21. The summed E-state index contributed by atoms with van der Waals surface area (Å²) in [6.45, 7) is 8.89. The monoisotopic (exact) mass is 584 g/mol. The zero-order valence-corrected chi connectivity index (χ0v) is 25.2. The Morgan fingerprint density at radius 3 is 1.74 bits per heavy atom. The van der Waals surface area contributed by atoms with Crippen LogP contribution in [-0.2, 0) is 25.5 Å². The molecule has 1 aromatic heterocycles. The van der Waals surface area contributed by atoms with Gasteiger partial charge in [-0.2, -0.15) is 0 Å². The summed E-state index contributed by atoms with van der Waals surface area (Å²) in [4.78, 5) is 45.5. The minimum atomic E-state index is -1.45. The molecule has 0 radical (unpaired) electrons. The van der Waals surface area contributed by atoms with E-state index in [-0.39, 0.29) is 23.5 Å². The summed E-state index contributed by atoms with van der Waals surface area (Å²) in [5.74, 6) is -2.31. The van der Waals surface area contributed by atoms with Crippen molar-refractivity contribution in [3.05, 3.63) is 71.5 Å². The first-order valence-corrected chi connectivity index (χ1v) is 15.2. The van der Waals surface area contributed by atoms with E-state index in [0.717, 1.165) is 19.1 Å². The van der Waals surface area contributed by atoms with E-state index in [2.05, 4.69) is 29.6 Å². The maximum atomic E-state index is 11.7. The topological polar surface area (TPSA) is 120 Å². The second kappa shape index (κ2) is 22.9. The lowest BCUT2D eigenvalue weighted by atomic mass is 10.0. The normalized spacial score (nSPS) is 10.4. The number of hydrogen-bond acceptors (Lipinski definition) is 7. The molecule has 0 aliphatic carbocycles. The number of carboxylic acid groups (broad SMARTS) is 1. The second-order valence-electron chi connectivity index (χ2n) is 10.2. The molecule has 0 amide bonds. The predicted molar refractivity (Wildman–Crippen MR) is 165 cm³/mol. The Bertz CT molecular complexity index is 1160. The molecule has 8 nitrogen and oxygen atoms in total. The standard InChI is InChI=1S/C20H38O2.C14H10O6/c1-3-5-6-7-8-9-10-11-12-13-14-15-16-17-18-19-20(21)22-4-2;1-2-19-11(15)7-9-8-5-3-4-6-10(8)20-14(18)12(9)13(16)17/h4H,2-3,5-19H2,1H3;2-6H,1,7H2,(H,16,17). The zero-order chi connectivity index (χ0) is 31.0. The number of para-hydroxylation sites is 1. The molecule has 0 saturated heterocycles. The average Bonchev–Trinajstić information content (AvgIpc) is 2.95. The molecule has 2 rings (SSSR count). The molecule has 1 N–H and O–H groups in total. The summed E-state index contributed by atoms with van der Waals surface area (Å²) in [7, 11) is 0. The number of carbonyl (C=O) groups is 3. The lowest BCUT2D eigenvalue weighted by molar-refractivity contribution is -0.138. The van der Waals surface area contributed by atoms with Crippen LogP contribution in [0.1, 0.15) is 126 Å². The molecule has 8 heteroatoms. The number of esters is 2. The van der Waals surface area contributed by atoms with Crippen molar-refractivity contribution < 1.29 is 33.4 Å². The Balaban J connectivity index is 0.000000421. The number of fused-ring (bicyclic) bond motifs is 1. The maximum Gasteiger partial charge on any atom is 0.351 e. The van der Waals surface area contributed by atoms with Gasteiger partial charge < -0.3 is 19.0 Å².